The molecule has 0 aliphatic carbocycles. The van der Waals surface area contributed by atoms with Crippen LogP contribution in [0.25, 0.3) is 6.08 Å². The molecule has 0 fully saturated rings. The molecule has 1 heterocycles. The second kappa shape index (κ2) is 7.04. The summed E-state index contributed by atoms with van der Waals surface area (Å²) in [7, 11) is 1.18. The highest BCUT2D eigenvalue weighted by Gasteiger charge is 2.28. The SMILES string of the molecule is COc1c(/C=C2/N=C(c3ccccc3)OC2=O)cc([N+](=O)[O-])cc1[N+](=O)[O-]. The first-order valence-corrected chi connectivity index (χ1v) is 7.49. The van der Waals surface area contributed by atoms with Crippen molar-refractivity contribution in [2.24, 2.45) is 4.99 Å². The molecule has 0 spiro atoms. The van der Waals surface area contributed by atoms with Crippen molar-refractivity contribution in [3.63, 3.8) is 0 Å². The lowest BCUT2D eigenvalue weighted by molar-refractivity contribution is -0.394. The standard InChI is InChI=1S/C17H11N3O7/c1-26-15-11(7-12(19(22)23)9-14(15)20(24)25)8-13-17(21)27-16(18-13)10-5-3-2-4-6-10/h2-9H,1H3/b13-8+. The number of hydrogen-bond donors (Lipinski definition) is 0. The molecule has 1 aliphatic heterocycles. The summed E-state index contributed by atoms with van der Waals surface area (Å²) in [6.45, 7) is 0. The molecule has 2 aromatic rings. The lowest BCUT2D eigenvalue weighted by Crippen LogP contribution is -2.05. The van der Waals surface area contributed by atoms with E-state index >= 15 is 0 Å². The summed E-state index contributed by atoms with van der Waals surface area (Å²) < 4.78 is 10.1. The Morgan fingerprint density at radius 1 is 1.11 bits per heavy atom. The molecule has 2 aromatic carbocycles. The summed E-state index contributed by atoms with van der Waals surface area (Å²) in [5.41, 5.74) is -0.762. The van der Waals surface area contributed by atoms with Crippen LogP contribution in [0.4, 0.5) is 11.4 Å². The molecular weight excluding hydrogens is 358 g/mol. The Morgan fingerprint density at radius 2 is 1.81 bits per heavy atom. The summed E-state index contributed by atoms with van der Waals surface area (Å²) in [4.78, 5) is 36.8. The zero-order valence-corrected chi connectivity index (χ0v) is 13.8. The first-order valence-electron chi connectivity index (χ1n) is 7.49. The van der Waals surface area contributed by atoms with Gasteiger partial charge in [0.25, 0.3) is 5.69 Å². The van der Waals surface area contributed by atoms with Gasteiger partial charge in [0.1, 0.15) is 0 Å². The number of esters is 1. The van der Waals surface area contributed by atoms with Crippen LogP contribution in [0.1, 0.15) is 11.1 Å². The molecule has 0 aromatic heterocycles. The fourth-order valence-electron chi connectivity index (χ4n) is 2.45. The zero-order valence-electron chi connectivity index (χ0n) is 13.8. The average Bonchev–Trinajstić information content (AvgIpc) is 3.02. The van der Waals surface area contributed by atoms with Gasteiger partial charge in [0.05, 0.1) is 23.0 Å². The van der Waals surface area contributed by atoms with Gasteiger partial charge in [-0.3, -0.25) is 20.2 Å². The van der Waals surface area contributed by atoms with Crippen molar-refractivity contribution < 1.29 is 24.1 Å². The van der Waals surface area contributed by atoms with Crippen LogP contribution in [0.2, 0.25) is 0 Å². The molecule has 0 saturated heterocycles. The van der Waals surface area contributed by atoms with E-state index in [0.29, 0.717) is 5.56 Å². The molecule has 3 rings (SSSR count). The van der Waals surface area contributed by atoms with E-state index in [-0.39, 0.29) is 22.9 Å². The maximum Gasteiger partial charge on any atom is 0.363 e. The molecule has 0 N–H and O–H groups in total. The predicted octanol–water partition coefficient (Wildman–Crippen LogP) is 2.86. The van der Waals surface area contributed by atoms with E-state index in [0.717, 1.165) is 18.2 Å². The summed E-state index contributed by atoms with van der Waals surface area (Å²) in [5.74, 6) is -0.954. The van der Waals surface area contributed by atoms with Crippen LogP contribution in [0.3, 0.4) is 0 Å². The average molecular weight is 369 g/mol. The number of non-ortho nitro benzene ring substituents is 1. The van der Waals surface area contributed by atoms with Crippen molar-refractivity contribution in [1.82, 2.24) is 0 Å². The number of ether oxygens (including phenoxy) is 2. The number of benzene rings is 2. The van der Waals surface area contributed by atoms with Crippen LogP contribution in [0.5, 0.6) is 5.75 Å². The molecule has 27 heavy (non-hydrogen) atoms. The van der Waals surface area contributed by atoms with Gasteiger partial charge in [-0.05, 0) is 18.2 Å². The summed E-state index contributed by atoms with van der Waals surface area (Å²) in [6, 6.07) is 10.5. The maximum absolute atomic E-state index is 12.1. The smallest absolute Gasteiger partial charge is 0.363 e. The summed E-state index contributed by atoms with van der Waals surface area (Å²) in [6.07, 6.45) is 1.15. The van der Waals surface area contributed by atoms with Crippen LogP contribution < -0.4 is 4.74 Å². The minimum Gasteiger partial charge on any atom is -0.490 e. The van der Waals surface area contributed by atoms with Gasteiger partial charge in [-0.1, -0.05) is 18.2 Å². The Morgan fingerprint density at radius 3 is 2.41 bits per heavy atom. The van der Waals surface area contributed by atoms with E-state index in [1.807, 2.05) is 0 Å². The molecule has 0 unspecified atom stereocenters. The topological polar surface area (TPSA) is 134 Å². The molecule has 0 radical (unpaired) electrons. The van der Waals surface area contributed by atoms with Gasteiger partial charge in [-0.2, -0.15) is 0 Å². The van der Waals surface area contributed by atoms with Gasteiger partial charge < -0.3 is 9.47 Å². The normalized spacial score (nSPS) is 14.6. The molecule has 136 valence electrons. The Kier molecular flexibility index (Phi) is 4.62. The lowest BCUT2D eigenvalue weighted by atomic mass is 10.1. The van der Waals surface area contributed by atoms with Crippen LogP contribution in [-0.4, -0.2) is 28.8 Å². The summed E-state index contributed by atoms with van der Waals surface area (Å²) in [5, 5.41) is 22.3. The third-order valence-electron chi connectivity index (χ3n) is 3.63. The largest absolute Gasteiger partial charge is 0.490 e. The van der Waals surface area contributed by atoms with Gasteiger partial charge in [-0.25, -0.2) is 9.79 Å². The number of carbonyl (C=O) groups excluding carboxylic acids is 1. The van der Waals surface area contributed by atoms with E-state index in [9.17, 15) is 25.0 Å². The molecule has 10 heteroatoms. The van der Waals surface area contributed by atoms with E-state index in [1.165, 1.54) is 7.11 Å². The Bertz CT molecular complexity index is 1010. The van der Waals surface area contributed by atoms with Crippen LogP contribution >= 0.6 is 0 Å². The minimum atomic E-state index is -0.806. The molecule has 10 nitrogen and oxygen atoms in total. The number of nitrogens with zero attached hydrogens (tertiary/aromatic N) is 3. The number of cyclic esters (lactones) is 1. The van der Waals surface area contributed by atoms with E-state index in [2.05, 4.69) is 4.99 Å². The molecule has 0 bridgehead atoms. The van der Waals surface area contributed by atoms with Crippen LogP contribution in [-0.2, 0) is 9.53 Å². The first kappa shape index (κ1) is 17.7. The molecule has 0 amide bonds. The Hall–Kier alpha value is -4.08. The van der Waals surface area contributed by atoms with E-state index < -0.39 is 27.2 Å². The minimum absolute atomic E-state index is 0.0385. The zero-order chi connectivity index (χ0) is 19.6. The quantitative estimate of drug-likeness (QED) is 0.342. The molecule has 1 aliphatic rings. The van der Waals surface area contributed by atoms with Gasteiger partial charge in [0.2, 0.25) is 11.6 Å². The second-order valence-electron chi connectivity index (χ2n) is 5.30. The van der Waals surface area contributed by atoms with Crippen molar-refractivity contribution >= 4 is 29.3 Å². The maximum atomic E-state index is 12.1. The van der Waals surface area contributed by atoms with E-state index in [1.54, 1.807) is 30.3 Å². The number of nitro groups is 2. The van der Waals surface area contributed by atoms with Gasteiger partial charge in [0.15, 0.2) is 5.70 Å². The highest BCUT2D eigenvalue weighted by atomic mass is 16.6. The van der Waals surface area contributed by atoms with Crippen molar-refractivity contribution in [2.45, 2.75) is 0 Å². The predicted molar refractivity (Wildman–Crippen MR) is 93.4 cm³/mol. The summed E-state index contributed by atoms with van der Waals surface area (Å²) >= 11 is 0. The Labute approximate surface area is 151 Å². The fraction of sp³-hybridized carbons (Fsp3) is 0.0588. The highest BCUT2D eigenvalue weighted by molar-refractivity contribution is 6.13. The van der Waals surface area contributed by atoms with Gasteiger partial charge in [0, 0.05) is 17.2 Å². The monoisotopic (exact) mass is 369 g/mol. The number of rotatable bonds is 5. The number of aliphatic imine (C=N–C) groups is 1. The second-order valence-corrected chi connectivity index (χ2v) is 5.30. The third-order valence-corrected chi connectivity index (χ3v) is 3.63. The molecular formula is C17H11N3O7. The fourth-order valence-corrected chi connectivity index (χ4v) is 2.45. The number of methoxy groups -OCH3 is 1. The van der Waals surface area contributed by atoms with Crippen molar-refractivity contribution in [3.8, 4) is 5.75 Å². The van der Waals surface area contributed by atoms with Crippen molar-refractivity contribution in [3.05, 3.63) is 79.5 Å². The van der Waals surface area contributed by atoms with Crippen molar-refractivity contribution in [2.75, 3.05) is 7.11 Å². The number of hydrogen-bond acceptors (Lipinski definition) is 8. The third kappa shape index (κ3) is 3.49. The van der Waals surface area contributed by atoms with Crippen molar-refractivity contribution in [1.29, 1.82) is 0 Å². The van der Waals surface area contributed by atoms with E-state index in [4.69, 9.17) is 9.47 Å². The Balaban J connectivity index is 2.13. The molecule has 0 saturated carbocycles. The number of carbonyl (C=O) groups is 1. The molecule has 0 atom stereocenters. The van der Waals surface area contributed by atoms with Crippen LogP contribution in [0, 0.1) is 20.2 Å². The highest BCUT2D eigenvalue weighted by Crippen LogP contribution is 2.37. The van der Waals surface area contributed by atoms with Gasteiger partial charge in [-0.15, -0.1) is 0 Å². The van der Waals surface area contributed by atoms with Crippen LogP contribution in [0.15, 0.2) is 53.2 Å². The number of nitro benzene ring substituents is 2. The first-order chi connectivity index (χ1) is 12.9. The lowest BCUT2D eigenvalue weighted by Gasteiger charge is -2.06. The van der Waals surface area contributed by atoms with Gasteiger partial charge >= 0.3 is 11.7 Å².